The van der Waals surface area contributed by atoms with E-state index in [-0.39, 0.29) is 23.9 Å². The third-order valence-corrected chi connectivity index (χ3v) is 3.63. The number of carbonyl (C=O) groups is 1. The van der Waals surface area contributed by atoms with Gasteiger partial charge in [0.25, 0.3) is 5.69 Å². The van der Waals surface area contributed by atoms with E-state index in [1.165, 1.54) is 18.2 Å². The first-order valence-corrected chi connectivity index (χ1v) is 7.85. The number of hydrogen-bond donors (Lipinski definition) is 2. The lowest BCUT2D eigenvalue weighted by molar-refractivity contribution is -0.384. The molecule has 2 unspecified atom stereocenters. The van der Waals surface area contributed by atoms with Crippen molar-refractivity contribution < 1.29 is 19.6 Å². The number of ether oxygens (including phenoxy) is 1. The van der Waals surface area contributed by atoms with Gasteiger partial charge in [0.15, 0.2) is 0 Å². The van der Waals surface area contributed by atoms with Crippen LogP contribution in [0.2, 0.25) is 0 Å². The molecule has 0 spiro atoms. The van der Waals surface area contributed by atoms with E-state index in [1.54, 1.807) is 6.92 Å². The van der Waals surface area contributed by atoms with Crippen LogP contribution >= 0.6 is 0 Å². The molecular weight excluding hydrogens is 324 g/mol. The SMILES string of the molecule is CC(CC(=O)O)Nc1cc(OC(C)c2ccccc2)ccc1[N+](=O)[O-]. The normalized spacial score (nSPS) is 12.9. The van der Waals surface area contributed by atoms with Gasteiger partial charge in [0, 0.05) is 18.2 Å². The lowest BCUT2D eigenvalue weighted by atomic mass is 10.1. The summed E-state index contributed by atoms with van der Waals surface area (Å²) in [4.78, 5) is 21.5. The average molecular weight is 344 g/mol. The fourth-order valence-corrected chi connectivity index (χ4v) is 2.44. The smallest absolute Gasteiger partial charge is 0.305 e. The topological polar surface area (TPSA) is 102 Å². The van der Waals surface area contributed by atoms with Gasteiger partial charge in [-0.2, -0.15) is 0 Å². The van der Waals surface area contributed by atoms with E-state index in [0.29, 0.717) is 5.75 Å². The zero-order valence-electron chi connectivity index (χ0n) is 14.0. The fraction of sp³-hybridized carbons (Fsp3) is 0.278. The number of rotatable bonds is 8. The van der Waals surface area contributed by atoms with Crippen molar-refractivity contribution in [3.63, 3.8) is 0 Å². The summed E-state index contributed by atoms with van der Waals surface area (Å²) in [5.74, 6) is -0.514. The number of anilines is 1. The quantitative estimate of drug-likeness (QED) is 0.554. The summed E-state index contributed by atoms with van der Waals surface area (Å²) >= 11 is 0. The minimum Gasteiger partial charge on any atom is -0.486 e. The molecule has 0 saturated heterocycles. The highest BCUT2D eigenvalue weighted by Crippen LogP contribution is 2.32. The highest BCUT2D eigenvalue weighted by Gasteiger charge is 2.18. The summed E-state index contributed by atoms with van der Waals surface area (Å²) < 4.78 is 5.86. The zero-order valence-corrected chi connectivity index (χ0v) is 14.0. The number of nitro groups is 1. The van der Waals surface area contributed by atoms with Crippen molar-refractivity contribution in [2.45, 2.75) is 32.4 Å². The van der Waals surface area contributed by atoms with Crippen molar-refractivity contribution in [2.75, 3.05) is 5.32 Å². The average Bonchev–Trinajstić information content (AvgIpc) is 2.54. The molecule has 25 heavy (non-hydrogen) atoms. The summed E-state index contributed by atoms with van der Waals surface area (Å²) in [6.07, 6.45) is -0.380. The molecule has 0 aliphatic rings. The maximum atomic E-state index is 11.2. The maximum Gasteiger partial charge on any atom is 0.305 e. The molecule has 0 saturated carbocycles. The zero-order chi connectivity index (χ0) is 18.4. The van der Waals surface area contributed by atoms with Crippen LogP contribution in [0.1, 0.15) is 31.9 Å². The molecule has 7 nitrogen and oxygen atoms in total. The van der Waals surface area contributed by atoms with Crippen LogP contribution in [-0.2, 0) is 4.79 Å². The maximum absolute atomic E-state index is 11.2. The third-order valence-electron chi connectivity index (χ3n) is 3.63. The molecule has 0 fully saturated rings. The van der Waals surface area contributed by atoms with E-state index in [1.807, 2.05) is 37.3 Å². The largest absolute Gasteiger partial charge is 0.486 e. The lowest BCUT2D eigenvalue weighted by Crippen LogP contribution is -2.20. The summed E-state index contributed by atoms with van der Waals surface area (Å²) in [5, 5.41) is 22.9. The Bertz CT molecular complexity index is 748. The van der Waals surface area contributed by atoms with Gasteiger partial charge in [-0.3, -0.25) is 14.9 Å². The first-order chi connectivity index (χ1) is 11.9. The Morgan fingerprint density at radius 2 is 1.92 bits per heavy atom. The number of aliphatic carboxylic acids is 1. The van der Waals surface area contributed by atoms with E-state index in [0.717, 1.165) is 5.56 Å². The Morgan fingerprint density at radius 3 is 2.52 bits per heavy atom. The van der Waals surface area contributed by atoms with Crippen molar-refractivity contribution in [1.29, 1.82) is 0 Å². The van der Waals surface area contributed by atoms with Gasteiger partial charge in [-0.1, -0.05) is 30.3 Å². The van der Waals surface area contributed by atoms with Gasteiger partial charge >= 0.3 is 5.97 Å². The molecule has 0 radical (unpaired) electrons. The molecule has 2 aromatic carbocycles. The van der Waals surface area contributed by atoms with Crippen molar-refractivity contribution in [1.82, 2.24) is 0 Å². The summed E-state index contributed by atoms with van der Waals surface area (Å²) in [6, 6.07) is 13.5. The number of nitrogens with one attached hydrogen (secondary N) is 1. The van der Waals surface area contributed by atoms with Gasteiger partial charge in [-0.05, 0) is 25.5 Å². The van der Waals surface area contributed by atoms with Gasteiger partial charge in [0.05, 0.1) is 11.3 Å². The fourth-order valence-electron chi connectivity index (χ4n) is 2.44. The lowest BCUT2D eigenvalue weighted by Gasteiger charge is -2.17. The minimum atomic E-state index is -0.979. The molecule has 0 aliphatic carbocycles. The van der Waals surface area contributed by atoms with Crippen LogP contribution in [0.25, 0.3) is 0 Å². The van der Waals surface area contributed by atoms with E-state index in [9.17, 15) is 14.9 Å². The number of carboxylic acid groups (broad SMARTS) is 1. The van der Waals surface area contributed by atoms with E-state index >= 15 is 0 Å². The van der Waals surface area contributed by atoms with Crippen molar-refractivity contribution in [2.24, 2.45) is 0 Å². The van der Waals surface area contributed by atoms with Gasteiger partial charge in [0.1, 0.15) is 17.5 Å². The molecule has 2 rings (SSSR count). The molecule has 0 bridgehead atoms. The molecule has 132 valence electrons. The van der Waals surface area contributed by atoms with Gasteiger partial charge in [-0.15, -0.1) is 0 Å². The second kappa shape index (κ2) is 8.14. The Labute approximate surface area is 145 Å². The first kappa shape index (κ1) is 18.3. The van der Waals surface area contributed by atoms with Crippen molar-refractivity contribution >= 4 is 17.3 Å². The molecule has 0 heterocycles. The molecule has 0 aromatic heterocycles. The number of nitro benzene ring substituents is 1. The van der Waals surface area contributed by atoms with E-state index in [2.05, 4.69) is 5.32 Å². The summed E-state index contributed by atoms with van der Waals surface area (Å²) in [5.41, 5.74) is 1.09. The Kier molecular flexibility index (Phi) is 5.94. The number of nitrogens with zero attached hydrogens (tertiary/aromatic N) is 1. The first-order valence-electron chi connectivity index (χ1n) is 7.85. The molecule has 2 N–H and O–H groups in total. The van der Waals surface area contributed by atoms with Crippen LogP contribution in [0.15, 0.2) is 48.5 Å². The van der Waals surface area contributed by atoms with Crippen molar-refractivity contribution in [3.8, 4) is 5.75 Å². The second-order valence-corrected chi connectivity index (χ2v) is 5.75. The molecular formula is C18H20N2O5. The Hall–Kier alpha value is -3.09. The molecule has 2 aromatic rings. The highest BCUT2D eigenvalue weighted by molar-refractivity contribution is 5.70. The Morgan fingerprint density at radius 1 is 1.24 bits per heavy atom. The monoisotopic (exact) mass is 344 g/mol. The number of carboxylic acids is 1. The summed E-state index contributed by atoms with van der Waals surface area (Å²) in [6.45, 7) is 3.54. The Balaban J connectivity index is 2.21. The standard InChI is InChI=1S/C18H20N2O5/c1-12(10-18(21)22)19-16-11-15(8-9-17(16)20(23)24)25-13(2)14-6-4-3-5-7-14/h3-9,11-13,19H,10H2,1-2H3,(H,21,22). The van der Waals surface area contributed by atoms with Crippen LogP contribution < -0.4 is 10.1 Å². The van der Waals surface area contributed by atoms with Gasteiger partial charge in [-0.25, -0.2) is 0 Å². The predicted octanol–water partition coefficient (Wildman–Crippen LogP) is 4.01. The van der Waals surface area contributed by atoms with E-state index in [4.69, 9.17) is 9.84 Å². The van der Waals surface area contributed by atoms with Crippen LogP contribution in [0.4, 0.5) is 11.4 Å². The minimum absolute atomic E-state index is 0.128. The highest BCUT2D eigenvalue weighted by atomic mass is 16.6. The number of hydrogen-bond acceptors (Lipinski definition) is 5. The number of benzene rings is 2. The summed E-state index contributed by atoms with van der Waals surface area (Å²) in [7, 11) is 0. The van der Waals surface area contributed by atoms with Crippen LogP contribution in [0.3, 0.4) is 0 Å². The molecule has 0 amide bonds. The van der Waals surface area contributed by atoms with Gasteiger partial charge < -0.3 is 15.2 Å². The predicted molar refractivity (Wildman–Crippen MR) is 93.9 cm³/mol. The second-order valence-electron chi connectivity index (χ2n) is 5.75. The van der Waals surface area contributed by atoms with Crippen molar-refractivity contribution in [3.05, 3.63) is 64.2 Å². The van der Waals surface area contributed by atoms with Crippen LogP contribution in [-0.4, -0.2) is 22.0 Å². The van der Waals surface area contributed by atoms with E-state index < -0.39 is 16.9 Å². The van der Waals surface area contributed by atoms with Gasteiger partial charge in [0.2, 0.25) is 0 Å². The molecule has 7 heteroatoms. The van der Waals surface area contributed by atoms with Crippen LogP contribution in [0, 0.1) is 10.1 Å². The molecule has 0 aliphatic heterocycles. The van der Waals surface area contributed by atoms with Crippen LogP contribution in [0.5, 0.6) is 5.75 Å². The third kappa shape index (κ3) is 5.20. The molecule has 2 atom stereocenters.